The zero-order chi connectivity index (χ0) is 17.3. The summed E-state index contributed by atoms with van der Waals surface area (Å²) in [5.41, 5.74) is 0.219. The highest BCUT2D eigenvalue weighted by Crippen LogP contribution is 2.29. The van der Waals surface area contributed by atoms with Crippen molar-refractivity contribution in [3.63, 3.8) is 0 Å². The molecule has 124 valence electrons. The number of hydrogen-bond acceptors (Lipinski definition) is 7. The summed E-state index contributed by atoms with van der Waals surface area (Å²) >= 11 is 0. The maximum absolute atomic E-state index is 12.3. The molecule has 0 bridgehead atoms. The van der Waals surface area contributed by atoms with Gasteiger partial charge in [-0.25, -0.2) is 0 Å². The topological polar surface area (TPSA) is 124 Å². The summed E-state index contributed by atoms with van der Waals surface area (Å²) in [6.07, 6.45) is 0. The minimum absolute atomic E-state index is 0.0927. The number of non-ortho nitro benzene ring substituents is 1. The van der Waals surface area contributed by atoms with E-state index in [4.69, 9.17) is 8.92 Å². The molecule has 3 rings (SSSR count). The maximum atomic E-state index is 12.3. The van der Waals surface area contributed by atoms with Crippen molar-refractivity contribution in [3.05, 3.63) is 52.6 Å². The monoisotopic (exact) mass is 349 g/mol. The molecule has 0 atom stereocenters. The molecule has 0 aliphatic carbocycles. The van der Waals surface area contributed by atoms with E-state index in [-0.39, 0.29) is 21.8 Å². The van der Waals surface area contributed by atoms with Gasteiger partial charge in [0.2, 0.25) is 0 Å². The fraction of sp³-hybridized carbons (Fsp3) is 0.0714. The van der Waals surface area contributed by atoms with Gasteiger partial charge < -0.3 is 8.92 Å². The van der Waals surface area contributed by atoms with Gasteiger partial charge in [0.05, 0.1) is 22.9 Å². The van der Waals surface area contributed by atoms with E-state index in [1.165, 1.54) is 49.6 Å². The number of nitrogens with zero attached hydrogens (tertiary/aromatic N) is 2. The average molecular weight is 349 g/mol. The van der Waals surface area contributed by atoms with Gasteiger partial charge in [0.25, 0.3) is 11.6 Å². The predicted octanol–water partition coefficient (Wildman–Crippen LogP) is 2.25. The van der Waals surface area contributed by atoms with Crippen molar-refractivity contribution >= 4 is 26.7 Å². The number of rotatable bonds is 5. The molecule has 0 aliphatic heterocycles. The lowest BCUT2D eigenvalue weighted by Gasteiger charge is -2.05. The summed E-state index contributed by atoms with van der Waals surface area (Å²) in [5, 5.41) is 17.4. The quantitative estimate of drug-likeness (QED) is 0.425. The molecule has 0 unspecified atom stereocenters. The Kier molecular flexibility index (Phi) is 3.81. The molecule has 0 saturated heterocycles. The number of ether oxygens (including phenoxy) is 1. The van der Waals surface area contributed by atoms with Gasteiger partial charge >= 0.3 is 10.1 Å². The first-order valence-corrected chi connectivity index (χ1v) is 8.02. The highest BCUT2D eigenvalue weighted by Gasteiger charge is 2.21. The van der Waals surface area contributed by atoms with Crippen LogP contribution in [-0.2, 0) is 10.1 Å². The lowest BCUT2D eigenvalue weighted by molar-refractivity contribution is -0.384. The van der Waals surface area contributed by atoms with E-state index in [9.17, 15) is 18.5 Å². The molecule has 1 aromatic heterocycles. The van der Waals surface area contributed by atoms with E-state index in [0.717, 1.165) is 0 Å². The van der Waals surface area contributed by atoms with Crippen LogP contribution in [-0.4, -0.2) is 30.6 Å². The van der Waals surface area contributed by atoms with Gasteiger partial charge in [-0.15, -0.1) is 5.10 Å². The molecule has 1 heterocycles. The third kappa shape index (κ3) is 2.86. The molecule has 0 fully saturated rings. The minimum Gasteiger partial charge on any atom is -0.497 e. The standard InChI is InChI=1S/C14H11N3O6S/c1-22-10-3-5-11(6-4-10)24(20,21)23-14-12-8-9(17(18)19)2-7-13(12)15-16-14/h2-8H,1H3,(H,15,16). The number of nitro benzene ring substituents is 1. The van der Waals surface area contributed by atoms with Crippen molar-refractivity contribution in [1.82, 2.24) is 10.2 Å². The predicted molar refractivity (Wildman–Crippen MR) is 83.6 cm³/mol. The Morgan fingerprint density at radius 2 is 1.88 bits per heavy atom. The normalized spacial score (nSPS) is 11.4. The van der Waals surface area contributed by atoms with Crippen molar-refractivity contribution in [2.24, 2.45) is 0 Å². The lowest BCUT2D eigenvalue weighted by Crippen LogP contribution is -2.10. The molecule has 9 nitrogen and oxygen atoms in total. The summed E-state index contributed by atoms with van der Waals surface area (Å²) in [4.78, 5) is 10.2. The van der Waals surface area contributed by atoms with Gasteiger partial charge in [0.15, 0.2) is 0 Å². The fourth-order valence-corrected chi connectivity index (χ4v) is 2.95. The van der Waals surface area contributed by atoms with E-state index in [1.807, 2.05) is 0 Å². The van der Waals surface area contributed by atoms with Crippen molar-refractivity contribution in [2.45, 2.75) is 4.90 Å². The summed E-state index contributed by atoms with van der Waals surface area (Å²) < 4.78 is 34.6. The van der Waals surface area contributed by atoms with Crippen LogP contribution in [0.15, 0.2) is 47.4 Å². The molecule has 0 saturated carbocycles. The second-order valence-electron chi connectivity index (χ2n) is 4.73. The number of aromatic nitrogens is 2. The first-order valence-electron chi connectivity index (χ1n) is 6.62. The van der Waals surface area contributed by atoms with Crippen LogP contribution in [0.4, 0.5) is 5.69 Å². The van der Waals surface area contributed by atoms with E-state index < -0.39 is 15.0 Å². The van der Waals surface area contributed by atoms with Gasteiger partial charge in [-0.1, -0.05) is 0 Å². The van der Waals surface area contributed by atoms with E-state index >= 15 is 0 Å². The second kappa shape index (κ2) is 5.81. The highest BCUT2D eigenvalue weighted by molar-refractivity contribution is 7.87. The summed E-state index contributed by atoms with van der Waals surface area (Å²) in [5.74, 6) is 0.235. The van der Waals surface area contributed by atoms with Crippen LogP contribution in [0.2, 0.25) is 0 Å². The summed E-state index contributed by atoms with van der Waals surface area (Å²) in [6, 6.07) is 9.50. The smallest absolute Gasteiger partial charge is 0.340 e. The molecule has 2 aromatic carbocycles. The number of hydrogen-bond donors (Lipinski definition) is 1. The van der Waals surface area contributed by atoms with Crippen molar-refractivity contribution in [3.8, 4) is 11.6 Å². The van der Waals surface area contributed by atoms with Crippen LogP contribution in [0.25, 0.3) is 10.9 Å². The minimum atomic E-state index is -4.14. The first-order chi connectivity index (χ1) is 11.4. The Balaban J connectivity index is 1.98. The van der Waals surface area contributed by atoms with Crippen LogP contribution < -0.4 is 8.92 Å². The Hall–Kier alpha value is -3.14. The molecule has 0 spiro atoms. The molecule has 10 heteroatoms. The molecular formula is C14H11N3O6S. The van der Waals surface area contributed by atoms with Crippen molar-refractivity contribution < 1.29 is 22.3 Å². The lowest BCUT2D eigenvalue weighted by atomic mass is 10.2. The molecule has 1 N–H and O–H groups in total. The third-order valence-corrected chi connectivity index (χ3v) is 4.49. The van der Waals surface area contributed by atoms with E-state index in [0.29, 0.717) is 11.3 Å². The molecule has 0 radical (unpaired) electrons. The average Bonchev–Trinajstić information content (AvgIpc) is 2.96. The van der Waals surface area contributed by atoms with Crippen LogP contribution >= 0.6 is 0 Å². The Labute approximate surface area is 136 Å². The fourth-order valence-electron chi connectivity index (χ4n) is 2.05. The summed E-state index contributed by atoms with van der Waals surface area (Å²) in [6.45, 7) is 0. The largest absolute Gasteiger partial charge is 0.497 e. The van der Waals surface area contributed by atoms with Crippen LogP contribution in [0.3, 0.4) is 0 Å². The molecule has 24 heavy (non-hydrogen) atoms. The first kappa shape index (κ1) is 15.7. The molecule has 0 aliphatic rings. The SMILES string of the molecule is COc1ccc(S(=O)(=O)Oc2n[nH]c3ccc([N+](=O)[O-])cc23)cc1. The van der Waals surface area contributed by atoms with Crippen molar-refractivity contribution in [2.75, 3.05) is 7.11 Å². The summed E-state index contributed by atoms with van der Waals surface area (Å²) in [7, 11) is -2.68. The van der Waals surface area contributed by atoms with Crippen LogP contribution in [0, 0.1) is 10.1 Å². The molecule has 3 aromatic rings. The molecule has 0 amide bonds. The number of fused-ring (bicyclic) bond motifs is 1. The number of methoxy groups -OCH3 is 1. The maximum Gasteiger partial charge on any atom is 0.340 e. The van der Waals surface area contributed by atoms with Gasteiger partial charge in [-0.3, -0.25) is 15.2 Å². The number of benzene rings is 2. The zero-order valence-corrected chi connectivity index (χ0v) is 13.1. The van der Waals surface area contributed by atoms with Crippen LogP contribution in [0.5, 0.6) is 11.6 Å². The zero-order valence-electron chi connectivity index (χ0n) is 12.3. The van der Waals surface area contributed by atoms with Gasteiger partial charge in [-0.2, -0.15) is 8.42 Å². The number of aromatic amines is 1. The Morgan fingerprint density at radius 1 is 1.17 bits per heavy atom. The third-order valence-electron chi connectivity index (χ3n) is 3.26. The number of nitro groups is 1. The number of H-pyrrole nitrogens is 1. The van der Waals surface area contributed by atoms with Gasteiger partial charge in [-0.05, 0) is 30.3 Å². The molecular weight excluding hydrogens is 338 g/mol. The van der Waals surface area contributed by atoms with E-state index in [2.05, 4.69) is 10.2 Å². The second-order valence-corrected chi connectivity index (χ2v) is 6.28. The van der Waals surface area contributed by atoms with Gasteiger partial charge in [0, 0.05) is 12.1 Å². The Morgan fingerprint density at radius 3 is 2.50 bits per heavy atom. The van der Waals surface area contributed by atoms with Crippen molar-refractivity contribution in [1.29, 1.82) is 0 Å². The van der Waals surface area contributed by atoms with Crippen LogP contribution in [0.1, 0.15) is 0 Å². The Bertz CT molecular complexity index is 1010. The van der Waals surface area contributed by atoms with E-state index in [1.54, 1.807) is 0 Å². The van der Waals surface area contributed by atoms with Gasteiger partial charge in [0.1, 0.15) is 10.6 Å². The highest BCUT2D eigenvalue weighted by atomic mass is 32.2. The number of nitrogens with one attached hydrogen (secondary N) is 1.